The van der Waals surface area contributed by atoms with Gasteiger partial charge in [-0.15, -0.1) is 0 Å². The molecule has 0 saturated heterocycles. The van der Waals surface area contributed by atoms with Crippen molar-refractivity contribution in [1.29, 1.82) is 0 Å². The zero-order valence-corrected chi connectivity index (χ0v) is 12.2. The highest BCUT2D eigenvalue weighted by Crippen LogP contribution is 2.21. The number of esters is 1. The van der Waals surface area contributed by atoms with Gasteiger partial charge in [-0.3, -0.25) is 0 Å². The Morgan fingerprint density at radius 2 is 1.39 bits per heavy atom. The summed E-state index contributed by atoms with van der Waals surface area (Å²) in [6, 6.07) is 19.6. The average Bonchev–Trinajstić information content (AvgIpc) is 2.59. The number of carbonyl (C=O) groups excluding carboxylic acids is 1. The molecule has 0 heterocycles. The Morgan fingerprint density at radius 3 is 2.00 bits per heavy atom. The fourth-order valence-electron chi connectivity index (χ4n) is 2.39. The number of carboxylic acids is 1. The maximum absolute atomic E-state index is 12.3. The lowest BCUT2D eigenvalue weighted by atomic mass is 10.0. The summed E-state index contributed by atoms with van der Waals surface area (Å²) in [5.74, 6) is -1.79. The highest BCUT2D eigenvalue weighted by atomic mass is 16.5. The molecular formula is C19H14O4. The molecule has 0 aliphatic rings. The molecule has 0 aromatic heterocycles. The third-order valence-electron chi connectivity index (χ3n) is 3.55. The van der Waals surface area contributed by atoms with Crippen LogP contribution < -0.4 is 0 Å². The van der Waals surface area contributed by atoms with Gasteiger partial charge in [-0.2, -0.15) is 0 Å². The third-order valence-corrected chi connectivity index (χ3v) is 3.55. The molecule has 0 aliphatic heterocycles. The summed E-state index contributed by atoms with van der Waals surface area (Å²) in [6.07, 6.45) is 0. The van der Waals surface area contributed by atoms with Crippen LogP contribution in [0.3, 0.4) is 0 Å². The van der Waals surface area contributed by atoms with Crippen molar-refractivity contribution >= 4 is 22.7 Å². The Bertz CT molecular complexity index is 869. The van der Waals surface area contributed by atoms with Gasteiger partial charge in [-0.25, -0.2) is 9.59 Å². The van der Waals surface area contributed by atoms with Crippen LogP contribution in [0.15, 0.2) is 66.7 Å². The topological polar surface area (TPSA) is 63.6 Å². The zero-order valence-electron chi connectivity index (χ0n) is 12.2. The van der Waals surface area contributed by atoms with Gasteiger partial charge < -0.3 is 9.84 Å². The van der Waals surface area contributed by atoms with Crippen LogP contribution in [-0.2, 0) is 11.3 Å². The molecule has 4 heteroatoms. The fraction of sp³-hybridized carbons (Fsp3) is 0.0526. The number of fused-ring (bicyclic) bond motifs is 1. The SMILES string of the molecule is O=C(O)c1cc2ccccc2cc1C(=O)OCc1ccccc1. The molecule has 0 aliphatic carbocycles. The molecule has 0 amide bonds. The molecule has 23 heavy (non-hydrogen) atoms. The van der Waals surface area contributed by atoms with Gasteiger partial charge in [0.15, 0.2) is 0 Å². The van der Waals surface area contributed by atoms with Gasteiger partial charge in [0.2, 0.25) is 0 Å². The number of aromatic carboxylic acids is 1. The number of carboxylic acid groups (broad SMARTS) is 1. The molecule has 0 unspecified atom stereocenters. The predicted molar refractivity (Wildman–Crippen MR) is 86.5 cm³/mol. The quantitative estimate of drug-likeness (QED) is 0.743. The van der Waals surface area contributed by atoms with Gasteiger partial charge in [-0.05, 0) is 28.5 Å². The minimum Gasteiger partial charge on any atom is -0.478 e. The summed E-state index contributed by atoms with van der Waals surface area (Å²) in [5.41, 5.74) is 0.854. The van der Waals surface area contributed by atoms with Crippen molar-refractivity contribution in [2.45, 2.75) is 6.61 Å². The number of hydrogen-bond acceptors (Lipinski definition) is 3. The van der Waals surface area contributed by atoms with Crippen molar-refractivity contribution in [2.75, 3.05) is 0 Å². The smallest absolute Gasteiger partial charge is 0.339 e. The minimum atomic E-state index is -1.15. The average molecular weight is 306 g/mol. The first-order valence-electron chi connectivity index (χ1n) is 7.12. The second-order valence-corrected chi connectivity index (χ2v) is 5.11. The minimum absolute atomic E-state index is 0.0539. The second kappa shape index (κ2) is 6.32. The molecule has 3 aromatic rings. The van der Waals surface area contributed by atoms with Crippen LogP contribution in [0.25, 0.3) is 10.8 Å². The molecule has 0 saturated carbocycles. The Hall–Kier alpha value is -3.14. The zero-order chi connectivity index (χ0) is 16.2. The number of benzene rings is 3. The van der Waals surface area contributed by atoms with Crippen LogP contribution in [0.4, 0.5) is 0 Å². The molecule has 3 aromatic carbocycles. The van der Waals surface area contributed by atoms with Gasteiger partial charge in [-0.1, -0.05) is 54.6 Å². The van der Waals surface area contributed by atoms with E-state index in [0.717, 1.165) is 16.3 Å². The highest BCUT2D eigenvalue weighted by molar-refractivity contribution is 6.06. The molecule has 4 nitrogen and oxygen atoms in total. The standard InChI is InChI=1S/C19H14O4/c20-18(21)16-10-14-8-4-5-9-15(14)11-17(16)19(22)23-12-13-6-2-1-3-7-13/h1-11H,12H2,(H,20,21). The first-order chi connectivity index (χ1) is 11.1. The summed E-state index contributed by atoms with van der Waals surface area (Å²) in [6.45, 7) is 0.103. The summed E-state index contributed by atoms with van der Waals surface area (Å²) in [4.78, 5) is 23.7. The molecule has 0 radical (unpaired) electrons. The van der Waals surface area contributed by atoms with E-state index >= 15 is 0 Å². The van der Waals surface area contributed by atoms with Crippen molar-refractivity contribution in [3.05, 3.63) is 83.4 Å². The van der Waals surface area contributed by atoms with E-state index in [1.54, 1.807) is 12.1 Å². The summed E-state index contributed by atoms with van der Waals surface area (Å²) in [5, 5.41) is 10.9. The number of hydrogen-bond donors (Lipinski definition) is 1. The maximum atomic E-state index is 12.3. The van der Waals surface area contributed by atoms with Gasteiger partial charge in [0, 0.05) is 0 Å². The molecule has 0 spiro atoms. The lowest BCUT2D eigenvalue weighted by molar-refractivity contribution is 0.0464. The Morgan fingerprint density at radius 1 is 0.826 bits per heavy atom. The highest BCUT2D eigenvalue weighted by Gasteiger charge is 2.19. The van der Waals surface area contributed by atoms with E-state index in [1.165, 1.54) is 6.07 Å². The Kier molecular flexibility index (Phi) is 4.06. The van der Waals surface area contributed by atoms with E-state index in [2.05, 4.69) is 0 Å². The van der Waals surface area contributed by atoms with Crippen LogP contribution in [0, 0.1) is 0 Å². The van der Waals surface area contributed by atoms with Crippen LogP contribution >= 0.6 is 0 Å². The van der Waals surface area contributed by atoms with Crippen molar-refractivity contribution < 1.29 is 19.4 Å². The molecule has 114 valence electrons. The maximum Gasteiger partial charge on any atom is 0.339 e. The second-order valence-electron chi connectivity index (χ2n) is 5.11. The number of carbonyl (C=O) groups is 2. The van der Waals surface area contributed by atoms with Crippen LogP contribution in [0.5, 0.6) is 0 Å². The number of ether oxygens (including phenoxy) is 1. The van der Waals surface area contributed by atoms with Crippen molar-refractivity contribution in [1.82, 2.24) is 0 Å². The summed E-state index contributed by atoms with van der Waals surface area (Å²) >= 11 is 0. The Balaban J connectivity index is 1.92. The normalized spacial score (nSPS) is 10.4. The molecule has 0 atom stereocenters. The first-order valence-corrected chi connectivity index (χ1v) is 7.12. The molecule has 0 bridgehead atoms. The van der Waals surface area contributed by atoms with E-state index in [1.807, 2.05) is 48.5 Å². The van der Waals surface area contributed by atoms with Gasteiger partial charge in [0.05, 0.1) is 11.1 Å². The largest absolute Gasteiger partial charge is 0.478 e. The fourth-order valence-corrected chi connectivity index (χ4v) is 2.39. The van der Waals surface area contributed by atoms with E-state index < -0.39 is 11.9 Å². The van der Waals surface area contributed by atoms with Crippen LogP contribution in [-0.4, -0.2) is 17.0 Å². The molecule has 3 rings (SSSR count). The van der Waals surface area contributed by atoms with Gasteiger partial charge in [0.25, 0.3) is 0 Å². The van der Waals surface area contributed by atoms with Crippen LogP contribution in [0.1, 0.15) is 26.3 Å². The van der Waals surface area contributed by atoms with E-state index in [-0.39, 0.29) is 17.7 Å². The van der Waals surface area contributed by atoms with E-state index in [9.17, 15) is 14.7 Å². The van der Waals surface area contributed by atoms with Crippen molar-refractivity contribution in [3.63, 3.8) is 0 Å². The van der Waals surface area contributed by atoms with Gasteiger partial charge >= 0.3 is 11.9 Å². The Labute approximate surface area is 132 Å². The summed E-state index contributed by atoms with van der Waals surface area (Å²) in [7, 11) is 0. The monoisotopic (exact) mass is 306 g/mol. The summed E-state index contributed by atoms with van der Waals surface area (Å²) < 4.78 is 5.25. The van der Waals surface area contributed by atoms with Crippen molar-refractivity contribution in [2.24, 2.45) is 0 Å². The lowest BCUT2D eigenvalue weighted by Gasteiger charge is -2.09. The first kappa shape index (κ1) is 14.8. The van der Waals surface area contributed by atoms with Crippen LogP contribution in [0.2, 0.25) is 0 Å². The molecule has 0 fully saturated rings. The predicted octanol–water partition coefficient (Wildman–Crippen LogP) is 3.90. The lowest BCUT2D eigenvalue weighted by Crippen LogP contribution is -2.12. The van der Waals surface area contributed by atoms with Crippen molar-refractivity contribution in [3.8, 4) is 0 Å². The molecular weight excluding hydrogens is 292 g/mol. The van der Waals surface area contributed by atoms with E-state index in [0.29, 0.717) is 0 Å². The molecule has 1 N–H and O–H groups in total. The van der Waals surface area contributed by atoms with Gasteiger partial charge in [0.1, 0.15) is 6.61 Å². The number of rotatable bonds is 4. The van der Waals surface area contributed by atoms with E-state index in [4.69, 9.17) is 4.74 Å². The third kappa shape index (κ3) is 3.21.